The van der Waals surface area contributed by atoms with Crippen molar-refractivity contribution in [1.29, 1.82) is 0 Å². The van der Waals surface area contributed by atoms with Crippen molar-refractivity contribution in [3.8, 4) is 11.4 Å². The average molecular weight is 438 g/mol. The number of pyridine rings is 1. The Morgan fingerprint density at radius 3 is 2.50 bits per heavy atom. The third kappa shape index (κ3) is 5.24. The van der Waals surface area contributed by atoms with Crippen molar-refractivity contribution in [2.45, 2.75) is 45.3 Å². The van der Waals surface area contributed by atoms with Gasteiger partial charge in [-0.3, -0.25) is 9.36 Å². The van der Waals surface area contributed by atoms with Crippen LogP contribution in [0.5, 0.6) is 5.75 Å². The normalized spacial score (nSPS) is 15.2. The Morgan fingerprint density at radius 1 is 1.23 bits per heavy atom. The summed E-state index contributed by atoms with van der Waals surface area (Å²) in [6.07, 6.45) is 2.02. The van der Waals surface area contributed by atoms with Crippen LogP contribution in [0.2, 0.25) is 5.02 Å². The van der Waals surface area contributed by atoms with Gasteiger partial charge in [-0.2, -0.15) is 0 Å². The molecule has 1 aliphatic rings. The van der Waals surface area contributed by atoms with E-state index in [1.165, 1.54) is 35.0 Å². The summed E-state index contributed by atoms with van der Waals surface area (Å²) in [6, 6.07) is 5.35. The zero-order valence-corrected chi connectivity index (χ0v) is 17.9. The molecule has 1 amide bonds. The van der Waals surface area contributed by atoms with E-state index in [9.17, 15) is 14.0 Å². The first-order valence-corrected chi connectivity index (χ1v) is 10.0. The number of nitrogens with two attached hydrogens (primary N) is 1. The Hall–Kier alpha value is -2.74. The van der Waals surface area contributed by atoms with Crippen LogP contribution in [0.1, 0.15) is 33.6 Å². The molecule has 0 bridgehead atoms. The molecule has 0 spiro atoms. The number of benzene rings is 1. The second-order valence-electron chi connectivity index (χ2n) is 8.18. The maximum Gasteiger partial charge on any atom is 0.410 e. The first-order valence-electron chi connectivity index (χ1n) is 9.65. The minimum absolute atomic E-state index is 0.00410. The number of ether oxygens (including phenoxy) is 2. The predicted molar refractivity (Wildman–Crippen MR) is 113 cm³/mol. The molecule has 9 heteroatoms. The molecule has 1 saturated heterocycles. The van der Waals surface area contributed by atoms with Gasteiger partial charge in [0.2, 0.25) is 0 Å². The van der Waals surface area contributed by atoms with Gasteiger partial charge in [-0.25, -0.2) is 9.18 Å². The topological polar surface area (TPSA) is 86.8 Å². The number of amides is 1. The number of rotatable bonds is 3. The van der Waals surface area contributed by atoms with E-state index in [2.05, 4.69) is 0 Å². The molecular formula is C21H25ClFN3O4. The van der Waals surface area contributed by atoms with E-state index in [-0.39, 0.29) is 28.7 Å². The summed E-state index contributed by atoms with van der Waals surface area (Å²) in [6.45, 7) is 6.44. The smallest absolute Gasteiger partial charge is 0.410 e. The maximum absolute atomic E-state index is 13.7. The van der Waals surface area contributed by atoms with Gasteiger partial charge in [0.1, 0.15) is 23.3 Å². The van der Waals surface area contributed by atoms with Crippen LogP contribution in [-0.2, 0) is 4.74 Å². The molecule has 1 aromatic heterocycles. The number of halogens is 2. The highest BCUT2D eigenvalue weighted by Crippen LogP contribution is 2.27. The summed E-state index contributed by atoms with van der Waals surface area (Å²) in [5.74, 6) is -0.364. The van der Waals surface area contributed by atoms with Crippen LogP contribution in [0, 0.1) is 5.82 Å². The minimum Gasteiger partial charge on any atom is -0.488 e. The molecule has 162 valence electrons. The Kier molecular flexibility index (Phi) is 6.26. The van der Waals surface area contributed by atoms with Crippen LogP contribution < -0.4 is 16.0 Å². The summed E-state index contributed by atoms with van der Waals surface area (Å²) in [5.41, 5.74) is 4.83. The zero-order valence-electron chi connectivity index (χ0n) is 17.2. The van der Waals surface area contributed by atoms with Crippen molar-refractivity contribution in [3.05, 3.63) is 51.7 Å². The van der Waals surface area contributed by atoms with E-state index in [1.54, 1.807) is 4.90 Å². The van der Waals surface area contributed by atoms with Gasteiger partial charge in [0.15, 0.2) is 0 Å². The molecule has 0 unspecified atom stereocenters. The number of carbonyl (C=O) groups excluding carboxylic acids is 1. The molecule has 0 radical (unpaired) electrons. The Bertz CT molecular complexity index is 995. The molecule has 0 atom stereocenters. The lowest BCUT2D eigenvalue weighted by Gasteiger charge is -2.33. The number of aromatic nitrogens is 1. The largest absolute Gasteiger partial charge is 0.488 e. The number of anilines is 1. The van der Waals surface area contributed by atoms with Crippen LogP contribution in [0.3, 0.4) is 0 Å². The standard InChI is InChI=1S/C21H25ClFN3O4/c1-21(2,3)30-20(28)25-8-6-14(7-9-25)29-18-11-19(27)26(12-15(18)22)13-4-5-17(24)16(23)10-13/h4-5,10-12,14H,6-9,24H2,1-3H3. The SMILES string of the molecule is CC(C)(C)OC(=O)N1CCC(Oc2cc(=O)n(-c3ccc(N)c(F)c3)cc2Cl)CC1. The van der Waals surface area contributed by atoms with Gasteiger partial charge in [-0.1, -0.05) is 11.6 Å². The van der Waals surface area contributed by atoms with E-state index >= 15 is 0 Å². The summed E-state index contributed by atoms with van der Waals surface area (Å²) in [5, 5.41) is 0.224. The third-order valence-electron chi connectivity index (χ3n) is 4.62. The van der Waals surface area contributed by atoms with Crippen LogP contribution in [-0.4, -0.2) is 40.4 Å². The fraction of sp³-hybridized carbons (Fsp3) is 0.429. The van der Waals surface area contributed by atoms with Crippen molar-refractivity contribution in [2.24, 2.45) is 0 Å². The molecule has 2 N–H and O–H groups in total. The molecule has 3 rings (SSSR count). The lowest BCUT2D eigenvalue weighted by Crippen LogP contribution is -2.44. The number of nitrogen functional groups attached to an aromatic ring is 1. The van der Waals surface area contributed by atoms with Crippen molar-refractivity contribution >= 4 is 23.4 Å². The number of carbonyl (C=O) groups is 1. The number of nitrogens with zero attached hydrogens (tertiary/aromatic N) is 2. The van der Waals surface area contributed by atoms with Gasteiger partial charge in [-0.15, -0.1) is 0 Å². The molecular weight excluding hydrogens is 413 g/mol. The highest BCUT2D eigenvalue weighted by atomic mass is 35.5. The highest BCUT2D eigenvalue weighted by Gasteiger charge is 2.28. The Morgan fingerprint density at radius 2 is 1.90 bits per heavy atom. The lowest BCUT2D eigenvalue weighted by molar-refractivity contribution is 0.0126. The Balaban J connectivity index is 1.67. The molecule has 7 nitrogen and oxygen atoms in total. The van der Waals surface area contributed by atoms with E-state index < -0.39 is 17.0 Å². The molecule has 2 aromatic rings. The van der Waals surface area contributed by atoms with Crippen LogP contribution >= 0.6 is 11.6 Å². The monoisotopic (exact) mass is 437 g/mol. The molecule has 30 heavy (non-hydrogen) atoms. The van der Waals surface area contributed by atoms with Gasteiger partial charge in [0.05, 0.1) is 16.4 Å². The molecule has 0 saturated carbocycles. The number of piperidine rings is 1. The number of hydrogen-bond acceptors (Lipinski definition) is 5. The van der Waals surface area contributed by atoms with E-state index in [0.29, 0.717) is 31.6 Å². The molecule has 1 fully saturated rings. The lowest BCUT2D eigenvalue weighted by atomic mass is 10.1. The molecule has 0 aliphatic carbocycles. The first kappa shape index (κ1) is 22.0. The van der Waals surface area contributed by atoms with Gasteiger partial charge in [0.25, 0.3) is 5.56 Å². The van der Waals surface area contributed by atoms with E-state index in [4.69, 9.17) is 26.8 Å². The number of hydrogen-bond donors (Lipinski definition) is 1. The fourth-order valence-electron chi connectivity index (χ4n) is 3.11. The second kappa shape index (κ2) is 8.55. The van der Waals surface area contributed by atoms with Crippen LogP contribution in [0.15, 0.2) is 35.3 Å². The van der Waals surface area contributed by atoms with Crippen molar-refractivity contribution in [1.82, 2.24) is 9.47 Å². The summed E-state index contributed by atoms with van der Waals surface area (Å²) in [4.78, 5) is 26.3. The quantitative estimate of drug-likeness (QED) is 0.733. The average Bonchev–Trinajstić information content (AvgIpc) is 2.66. The fourth-order valence-corrected chi connectivity index (χ4v) is 3.31. The van der Waals surface area contributed by atoms with Crippen molar-refractivity contribution in [3.63, 3.8) is 0 Å². The zero-order chi connectivity index (χ0) is 22.1. The summed E-state index contributed by atoms with van der Waals surface area (Å²) >= 11 is 6.31. The van der Waals surface area contributed by atoms with Crippen LogP contribution in [0.4, 0.5) is 14.9 Å². The molecule has 1 aliphatic heterocycles. The van der Waals surface area contributed by atoms with Crippen molar-refractivity contribution < 1.29 is 18.7 Å². The third-order valence-corrected chi connectivity index (χ3v) is 4.90. The second-order valence-corrected chi connectivity index (χ2v) is 8.59. The molecule has 1 aromatic carbocycles. The Labute approximate surface area is 179 Å². The van der Waals surface area contributed by atoms with E-state index in [1.807, 2.05) is 20.8 Å². The maximum atomic E-state index is 13.7. The first-order chi connectivity index (χ1) is 14.0. The van der Waals surface area contributed by atoms with Gasteiger partial charge in [-0.05, 0) is 32.9 Å². The minimum atomic E-state index is -0.618. The predicted octanol–water partition coefficient (Wildman–Crippen LogP) is 3.99. The summed E-state index contributed by atoms with van der Waals surface area (Å²) < 4.78 is 26.2. The van der Waals surface area contributed by atoms with Crippen molar-refractivity contribution in [2.75, 3.05) is 18.8 Å². The van der Waals surface area contributed by atoms with Gasteiger partial charge in [0, 0.05) is 44.3 Å². The highest BCUT2D eigenvalue weighted by molar-refractivity contribution is 6.31. The van der Waals surface area contributed by atoms with Gasteiger partial charge < -0.3 is 20.1 Å². The van der Waals surface area contributed by atoms with Gasteiger partial charge >= 0.3 is 6.09 Å². The number of likely N-dealkylation sites (tertiary alicyclic amines) is 1. The molecule has 2 heterocycles. The van der Waals surface area contributed by atoms with Crippen LogP contribution in [0.25, 0.3) is 5.69 Å². The summed E-state index contributed by atoms with van der Waals surface area (Å²) in [7, 11) is 0. The van der Waals surface area contributed by atoms with E-state index in [0.717, 1.165) is 0 Å².